The van der Waals surface area contributed by atoms with Crippen molar-refractivity contribution in [1.82, 2.24) is 25.8 Å². The lowest BCUT2D eigenvalue weighted by atomic mass is 10.1. The summed E-state index contributed by atoms with van der Waals surface area (Å²) in [5, 5.41) is 14.6. The zero-order valence-corrected chi connectivity index (χ0v) is 17.9. The molecule has 4 aromatic rings. The number of thiazole rings is 1. The molecule has 0 bridgehead atoms. The van der Waals surface area contributed by atoms with Crippen LogP contribution in [0, 0.1) is 0 Å². The Bertz CT molecular complexity index is 1150. The number of rotatable bonds is 6. The van der Waals surface area contributed by atoms with E-state index < -0.39 is 6.04 Å². The third kappa shape index (κ3) is 4.33. The molecule has 7 nitrogen and oxygen atoms in total. The Balaban J connectivity index is 1.71. The first-order chi connectivity index (χ1) is 14.5. The topological polar surface area (TPSA) is 92.9 Å². The summed E-state index contributed by atoms with van der Waals surface area (Å²) < 4.78 is 6.77. The molecule has 0 aliphatic carbocycles. The minimum atomic E-state index is -0.617. The molecular weight excluding hydrogens is 398 g/mol. The summed E-state index contributed by atoms with van der Waals surface area (Å²) in [5.74, 6) is 0.849. The van der Waals surface area contributed by atoms with Crippen LogP contribution in [0.15, 0.2) is 52.9 Å². The molecule has 4 rings (SSSR count). The van der Waals surface area contributed by atoms with Gasteiger partial charge in [-0.1, -0.05) is 43.3 Å². The zero-order chi connectivity index (χ0) is 21.1. The Hall–Kier alpha value is -3.26. The van der Waals surface area contributed by atoms with Crippen LogP contribution >= 0.6 is 11.3 Å². The van der Waals surface area contributed by atoms with Crippen molar-refractivity contribution in [3.63, 3.8) is 0 Å². The van der Waals surface area contributed by atoms with Gasteiger partial charge in [0.1, 0.15) is 5.01 Å². The third-order valence-electron chi connectivity index (χ3n) is 4.49. The van der Waals surface area contributed by atoms with Gasteiger partial charge in [0.2, 0.25) is 11.8 Å². The molecule has 154 valence electrons. The smallest absolute Gasteiger partial charge is 0.315 e. The number of hydrogen-bond donors (Lipinski definition) is 2. The summed E-state index contributed by atoms with van der Waals surface area (Å²) in [4.78, 5) is 17.1. The van der Waals surface area contributed by atoms with Crippen LogP contribution in [0.4, 0.5) is 4.79 Å². The summed E-state index contributed by atoms with van der Waals surface area (Å²) >= 11 is 1.51. The minimum absolute atomic E-state index is 0.00309. The molecule has 0 saturated heterocycles. The number of benzene rings is 2. The first-order valence-corrected chi connectivity index (χ1v) is 10.7. The van der Waals surface area contributed by atoms with Crippen molar-refractivity contribution in [2.24, 2.45) is 0 Å². The van der Waals surface area contributed by atoms with Crippen molar-refractivity contribution in [1.29, 1.82) is 0 Å². The molecule has 2 aromatic carbocycles. The van der Waals surface area contributed by atoms with Crippen LogP contribution in [-0.2, 0) is 6.42 Å². The van der Waals surface area contributed by atoms with Gasteiger partial charge in [-0.2, -0.15) is 0 Å². The van der Waals surface area contributed by atoms with Gasteiger partial charge in [0.05, 0.1) is 10.2 Å². The monoisotopic (exact) mass is 421 g/mol. The van der Waals surface area contributed by atoms with Gasteiger partial charge < -0.3 is 15.1 Å². The maximum absolute atomic E-state index is 12.4. The van der Waals surface area contributed by atoms with Gasteiger partial charge in [0, 0.05) is 12.5 Å². The van der Waals surface area contributed by atoms with Gasteiger partial charge in [-0.05, 0) is 37.1 Å². The molecule has 2 aromatic heterocycles. The largest absolute Gasteiger partial charge is 0.423 e. The molecule has 0 fully saturated rings. The van der Waals surface area contributed by atoms with E-state index in [-0.39, 0.29) is 12.1 Å². The van der Waals surface area contributed by atoms with E-state index in [1.54, 1.807) is 0 Å². The fourth-order valence-corrected chi connectivity index (χ4v) is 4.12. The maximum Gasteiger partial charge on any atom is 0.315 e. The summed E-state index contributed by atoms with van der Waals surface area (Å²) in [6.07, 6.45) is 0.623. The molecular formula is C22H23N5O2S. The Morgan fingerprint density at radius 1 is 1.07 bits per heavy atom. The molecule has 2 N–H and O–H groups in total. The number of hydrogen-bond acceptors (Lipinski definition) is 6. The molecule has 0 radical (unpaired) electrons. The van der Waals surface area contributed by atoms with Crippen molar-refractivity contribution in [2.45, 2.75) is 39.3 Å². The molecule has 2 heterocycles. The van der Waals surface area contributed by atoms with E-state index >= 15 is 0 Å². The van der Waals surface area contributed by atoms with Crippen LogP contribution in [0.5, 0.6) is 0 Å². The Morgan fingerprint density at radius 2 is 1.87 bits per heavy atom. The highest BCUT2D eigenvalue weighted by Crippen LogP contribution is 2.32. The first kappa shape index (κ1) is 20.0. The van der Waals surface area contributed by atoms with Crippen molar-refractivity contribution in [3.05, 3.63) is 65.3 Å². The minimum Gasteiger partial charge on any atom is -0.423 e. The fourth-order valence-electron chi connectivity index (χ4n) is 3.07. The average molecular weight is 422 g/mol. The van der Waals surface area contributed by atoms with Crippen LogP contribution in [-0.4, -0.2) is 27.3 Å². The van der Waals surface area contributed by atoms with Crippen LogP contribution in [0.1, 0.15) is 43.6 Å². The number of nitrogens with zero attached hydrogens (tertiary/aromatic N) is 3. The number of nitrogens with one attached hydrogen (secondary N) is 2. The summed E-state index contributed by atoms with van der Waals surface area (Å²) in [5.41, 5.74) is 3.12. The van der Waals surface area contributed by atoms with Crippen LogP contribution in [0.2, 0.25) is 0 Å². The molecule has 2 amide bonds. The second-order valence-corrected chi connectivity index (χ2v) is 8.26. The summed E-state index contributed by atoms with van der Waals surface area (Å²) in [6, 6.07) is 15.4. The van der Waals surface area contributed by atoms with Crippen molar-refractivity contribution < 1.29 is 9.21 Å². The molecule has 0 aliphatic heterocycles. The number of urea groups is 1. The quantitative estimate of drug-likeness (QED) is 0.470. The van der Waals surface area contributed by atoms with E-state index in [0.29, 0.717) is 23.2 Å². The number of aromatic nitrogens is 3. The summed E-state index contributed by atoms with van der Waals surface area (Å²) in [6.45, 7) is 5.74. The molecule has 8 heteroatoms. The van der Waals surface area contributed by atoms with Gasteiger partial charge in [-0.25, -0.2) is 9.78 Å². The SMILES string of the molecule is CCc1nnc(C(NC(=O)NC(C)C)c2nc3ccc(-c4ccccc4)cc3s2)o1. The highest BCUT2D eigenvalue weighted by Gasteiger charge is 2.26. The van der Waals surface area contributed by atoms with Crippen LogP contribution in [0.3, 0.4) is 0 Å². The molecule has 1 atom stereocenters. The lowest BCUT2D eigenvalue weighted by Gasteiger charge is -2.15. The van der Waals surface area contributed by atoms with E-state index in [1.807, 2.05) is 45.0 Å². The zero-order valence-electron chi connectivity index (χ0n) is 17.0. The third-order valence-corrected chi connectivity index (χ3v) is 5.57. The highest BCUT2D eigenvalue weighted by molar-refractivity contribution is 7.18. The molecule has 0 spiro atoms. The lowest BCUT2D eigenvalue weighted by molar-refractivity contribution is 0.234. The van der Waals surface area contributed by atoms with Crippen LogP contribution in [0.25, 0.3) is 21.3 Å². The van der Waals surface area contributed by atoms with E-state index in [9.17, 15) is 4.79 Å². The van der Waals surface area contributed by atoms with E-state index in [0.717, 1.165) is 21.3 Å². The van der Waals surface area contributed by atoms with E-state index in [2.05, 4.69) is 45.1 Å². The number of carbonyl (C=O) groups is 1. The van der Waals surface area contributed by atoms with E-state index in [4.69, 9.17) is 9.40 Å². The number of amides is 2. The summed E-state index contributed by atoms with van der Waals surface area (Å²) in [7, 11) is 0. The van der Waals surface area contributed by atoms with Crippen LogP contribution < -0.4 is 10.6 Å². The number of carbonyl (C=O) groups excluding carboxylic acids is 1. The van der Waals surface area contributed by atoms with Gasteiger partial charge in [-0.3, -0.25) is 0 Å². The van der Waals surface area contributed by atoms with E-state index in [1.165, 1.54) is 11.3 Å². The Kier molecular flexibility index (Phi) is 5.76. The molecule has 0 saturated carbocycles. The Labute approximate surface area is 178 Å². The second kappa shape index (κ2) is 8.62. The van der Waals surface area contributed by atoms with Crippen molar-refractivity contribution in [3.8, 4) is 11.1 Å². The highest BCUT2D eigenvalue weighted by atomic mass is 32.1. The average Bonchev–Trinajstić information content (AvgIpc) is 3.38. The fraction of sp³-hybridized carbons (Fsp3) is 0.273. The number of aryl methyl sites for hydroxylation is 1. The molecule has 30 heavy (non-hydrogen) atoms. The first-order valence-electron chi connectivity index (χ1n) is 9.88. The van der Waals surface area contributed by atoms with Crippen molar-refractivity contribution in [2.75, 3.05) is 0 Å². The Morgan fingerprint density at radius 3 is 2.57 bits per heavy atom. The number of fused-ring (bicyclic) bond motifs is 1. The maximum atomic E-state index is 12.4. The standard InChI is InChI=1S/C22H23N5O2S/c1-4-18-26-27-20(29-18)19(25-22(28)23-13(2)3)21-24-16-11-10-15(12-17(16)30-21)14-8-6-5-7-9-14/h5-13,19H,4H2,1-3H3,(H2,23,25,28). The normalized spacial score (nSPS) is 12.3. The predicted molar refractivity (Wildman–Crippen MR) is 117 cm³/mol. The van der Waals surface area contributed by atoms with Gasteiger partial charge in [-0.15, -0.1) is 21.5 Å². The van der Waals surface area contributed by atoms with Crippen molar-refractivity contribution >= 4 is 27.6 Å². The molecule has 0 aliphatic rings. The predicted octanol–water partition coefficient (Wildman–Crippen LogP) is 4.71. The van der Waals surface area contributed by atoms with Gasteiger partial charge in [0.25, 0.3) is 0 Å². The lowest BCUT2D eigenvalue weighted by Crippen LogP contribution is -2.41. The second-order valence-electron chi connectivity index (χ2n) is 7.19. The molecule has 1 unspecified atom stereocenters. The van der Waals surface area contributed by atoms with Gasteiger partial charge >= 0.3 is 6.03 Å². The van der Waals surface area contributed by atoms with Gasteiger partial charge in [0.15, 0.2) is 6.04 Å².